The van der Waals surface area contributed by atoms with Gasteiger partial charge < -0.3 is 24.4 Å². The lowest BCUT2D eigenvalue weighted by Crippen LogP contribution is -2.53. The molecule has 122 valence electrons. The van der Waals surface area contributed by atoms with Gasteiger partial charge in [0.1, 0.15) is 6.23 Å². The van der Waals surface area contributed by atoms with Crippen LogP contribution in [0.5, 0.6) is 11.5 Å². The van der Waals surface area contributed by atoms with Gasteiger partial charge in [0.15, 0.2) is 11.5 Å². The fraction of sp³-hybridized carbons (Fsp3) is 0.529. The van der Waals surface area contributed by atoms with E-state index in [4.69, 9.17) is 14.2 Å². The van der Waals surface area contributed by atoms with Gasteiger partial charge in [0.25, 0.3) is 0 Å². The molecule has 4 aliphatic rings. The van der Waals surface area contributed by atoms with Crippen LogP contribution in [0.25, 0.3) is 0 Å². The Balaban J connectivity index is 1.75. The summed E-state index contributed by atoms with van der Waals surface area (Å²) in [5.74, 6) is 1.33. The van der Waals surface area contributed by atoms with Gasteiger partial charge in [-0.1, -0.05) is 12.2 Å². The predicted molar refractivity (Wildman–Crippen MR) is 80.3 cm³/mol. The van der Waals surface area contributed by atoms with Crippen LogP contribution in [-0.2, 0) is 10.2 Å². The van der Waals surface area contributed by atoms with Crippen LogP contribution in [0.3, 0.4) is 0 Å². The Bertz CT molecular complexity index is 704. The van der Waals surface area contributed by atoms with E-state index < -0.39 is 17.7 Å². The van der Waals surface area contributed by atoms with Crippen molar-refractivity contribution >= 4 is 0 Å². The number of benzene rings is 1. The van der Waals surface area contributed by atoms with Gasteiger partial charge in [-0.15, -0.1) is 0 Å². The summed E-state index contributed by atoms with van der Waals surface area (Å²) in [6, 6.07) is 3.79. The number of hydrogen-bond donors (Lipinski definition) is 2. The molecule has 1 aromatic rings. The highest BCUT2D eigenvalue weighted by Crippen LogP contribution is 2.56. The van der Waals surface area contributed by atoms with Gasteiger partial charge in [0.2, 0.25) is 6.79 Å². The maximum atomic E-state index is 10.8. The summed E-state index contributed by atoms with van der Waals surface area (Å²) in [6.45, 7) is 0.631. The fourth-order valence-electron chi connectivity index (χ4n) is 4.71. The van der Waals surface area contributed by atoms with Crippen molar-refractivity contribution in [3.8, 4) is 11.5 Å². The van der Waals surface area contributed by atoms with E-state index in [1.165, 1.54) is 0 Å². The smallest absolute Gasteiger partial charge is 0.231 e. The molecule has 2 bridgehead atoms. The van der Waals surface area contributed by atoms with E-state index in [-0.39, 0.29) is 18.9 Å². The van der Waals surface area contributed by atoms with Gasteiger partial charge in [0.05, 0.1) is 17.6 Å². The van der Waals surface area contributed by atoms with Crippen molar-refractivity contribution in [2.45, 2.75) is 36.3 Å². The minimum absolute atomic E-state index is 0.00341. The van der Waals surface area contributed by atoms with Gasteiger partial charge in [-0.05, 0) is 24.1 Å². The Morgan fingerprint density at radius 2 is 2.04 bits per heavy atom. The third kappa shape index (κ3) is 1.57. The maximum Gasteiger partial charge on any atom is 0.231 e. The molecule has 6 nitrogen and oxygen atoms in total. The molecule has 23 heavy (non-hydrogen) atoms. The zero-order valence-corrected chi connectivity index (χ0v) is 12.8. The third-order valence-electron chi connectivity index (χ3n) is 5.84. The number of nitrogens with zero attached hydrogens (tertiary/aromatic N) is 1. The second kappa shape index (κ2) is 4.48. The first kappa shape index (κ1) is 13.8. The average Bonchev–Trinajstić information content (AvgIpc) is 3.12. The van der Waals surface area contributed by atoms with E-state index in [9.17, 15) is 10.2 Å². The van der Waals surface area contributed by atoms with Crippen LogP contribution in [0.15, 0.2) is 24.3 Å². The molecule has 6 heteroatoms. The molecular formula is C17H19NO5. The number of methoxy groups -OCH3 is 1. The second-order valence-electron chi connectivity index (χ2n) is 6.70. The summed E-state index contributed by atoms with van der Waals surface area (Å²) < 4.78 is 16.4. The van der Waals surface area contributed by atoms with Crippen LogP contribution < -0.4 is 9.47 Å². The molecule has 0 spiro atoms. The Hall–Kier alpha value is -1.60. The van der Waals surface area contributed by atoms with Crippen molar-refractivity contribution in [1.82, 2.24) is 4.90 Å². The standard InChI is InChI=1S/C17H19NO5/c1-21-9-2-3-17-11-6-13-12(22-8-23-13)5-10(11)16(20)18(7-15(17)19)14(17)4-9/h2-3,5-6,9,14-16,19-20H,4,7-8H2,1H3/t9-,14+,15?,16-,17-/m0/s1. The van der Waals surface area contributed by atoms with E-state index in [1.54, 1.807) is 7.11 Å². The van der Waals surface area contributed by atoms with Crippen LogP contribution in [0.2, 0.25) is 0 Å². The highest BCUT2D eigenvalue weighted by atomic mass is 16.7. The van der Waals surface area contributed by atoms with Gasteiger partial charge in [-0.2, -0.15) is 0 Å². The van der Waals surface area contributed by atoms with Crippen LogP contribution in [0.1, 0.15) is 23.8 Å². The Morgan fingerprint density at radius 3 is 2.83 bits per heavy atom. The number of fused-ring (bicyclic) bond motifs is 2. The van der Waals surface area contributed by atoms with Crippen molar-refractivity contribution in [3.05, 3.63) is 35.4 Å². The van der Waals surface area contributed by atoms with E-state index >= 15 is 0 Å². The summed E-state index contributed by atoms with van der Waals surface area (Å²) in [6.07, 6.45) is 3.51. The molecule has 1 aliphatic carbocycles. The molecule has 0 aromatic heterocycles. The first-order valence-corrected chi connectivity index (χ1v) is 7.93. The van der Waals surface area contributed by atoms with Gasteiger partial charge in [-0.3, -0.25) is 4.90 Å². The molecule has 1 saturated heterocycles. The van der Waals surface area contributed by atoms with Gasteiger partial charge in [0, 0.05) is 25.3 Å². The first-order chi connectivity index (χ1) is 11.1. The Morgan fingerprint density at radius 1 is 1.26 bits per heavy atom. The van der Waals surface area contributed by atoms with Crippen molar-refractivity contribution in [3.63, 3.8) is 0 Å². The number of aliphatic hydroxyl groups is 2. The molecule has 2 unspecified atom stereocenters. The van der Waals surface area contributed by atoms with Crippen LogP contribution >= 0.6 is 0 Å². The lowest BCUT2D eigenvalue weighted by atomic mass is 9.65. The molecule has 0 radical (unpaired) electrons. The zero-order chi connectivity index (χ0) is 15.8. The molecule has 6 atom stereocenters. The summed E-state index contributed by atoms with van der Waals surface area (Å²) in [7, 11) is 1.69. The minimum atomic E-state index is -0.751. The Labute approximate surface area is 133 Å². The molecule has 3 aliphatic heterocycles. The largest absolute Gasteiger partial charge is 0.454 e. The molecule has 2 N–H and O–H groups in total. The highest BCUT2D eigenvalue weighted by molar-refractivity contribution is 5.57. The van der Waals surface area contributed by atoms with E-state index in [0.717, 1.165) is 17.5 Å². The van der Waals surface area contributed by atoms with Crippen molar-refractivity contribution in [2.75, 3.05) is 20.4 Å². The monoisotopic (exact) mass is 317 g/mol. The normalized spacial score (nSPS) is 42.5. The second-order valence-corrected chi connectivity index (χ2v) is 6.70. The SMILES string of the molecule is CO[C@H]1C=C[C@@]23c4cc5c(cc4[C@H](O)N(CC2O)[C@@H]3C1)OCO5. The summed E-state index contributed by atoms with van der Waals surface area (Å²) in [5.41, 5.74) is 1.21. The maximum absolute atomic E-state index is 10.8. The molecule has 1 fully saturated rings. The number of rotatable bonds is 1. The highest BCUT2D eigenvalue weighted by Gasteiger charge is 2.61. The number of ether oxygens (including phenoxy) is 3. The minimum Gasteiger partial charge on any atom is -0.454 e. The van der Waals surface area contributed by atoms with Gasteiger partial charge in [-0.25, -0.2) is 0 Å². The van der Waals surface area contributed by atoms with Crippen LogP contribution in [0.4, 0.5) is 0 Å². The van der Waals surface area contributed by atoms with E-state index in [1.807, 2.05) is 23.1 Å². The lowest BCUT2D eigenvalue weighted by Gasteiger charge is -2.48. The van der Waals surface area contributed by atoms with Crippen molar-refractivity contribution in [2.24, 2.45) is 0 Å². The van der Waals surface area contributed by atoms with E-state index in [0.29, 0.717) is 18.0 Å². The van der Waals surface area contributed by atoms with Crippen LogP contribution in [0, 0.1) is 0 Å². The summed E-state index contributed by atoms with van der Waals surface area (Å²) in [4.78, 5) is 1.98. The average molecular weight is 317 g/mol. The molecule has 3 heterocycles. The molecule has 0 amide bonds. The topological polar surface area (TPSA) is 71.4 Å². The molecule has 5 rings (SSSR count). The van der Waals surface area contributed by atoms with Crippen LogP contribution in [-0.4, -0.2) is 53.8 Å². The van der Waals surface area contributed by atoms with Gasteiger partial charge >= 0.3 is 0 Å². The molecule has 1 aromatic carbocycles. The summed E-state index contributed by atoms with van der Waals surface area (Å²) in [5, 5.41) is 21.7. The fourth-order valence-corrected chi connectivity index (χ4v) is 4.71. The number of aliphatic hydroxyl groups excluding tert-OH is 2. The predicted octanol–water partition coefficient (Wildman–Crippen LogP) is 0.678. The van der Waals surface area contributed by atoms with E-state index in [2.05, 4.69) is 6.08 Å². The van der Waals surface area contributed by atoms with Crippen molar-refractivity contribution < 1.29 is 24.4 Å². The molecule has 0 saturated carbocycles. The Kier molecular flexibility index (Phi) is 2.69. The summed E-state index contributed by atoms with van der Waals surface area (Å²) >= 11 is 0. The van der Waals surface area contributed by atoms with Crippen molar-refractivity contribution in [1.29, 1.82) is 0 Å². The molecular weight excluding hydrogens is 298 g/mol. The zero-order valence-electron chi connectivity index (χ0n) is 12.8. The third-order valence-corrected chi connectivity index (χ3v) is 5.84. The number of hydrogen-bond acceptors (Lipinski definition) is 6. The first-order valence-electron chi connectivity index (χ1n) is 7.93. The lowest BCUT2D eigenvalue weighted by molar-refractivity contribution is -0.0399. The quantitative estimate of drug-likeness (QED) is 0.742.